The lowest BCUT2D eigenvalue weighted by Gasteiger charge is -2.33. The molecule has 0 spiro atoms. The molecule has 0 aromatic heterocycles. The Morgan fingerprint density at radius 2 is 2.00 bits per heavy atom. The molecule has 1 aromatic carbocycles. The largest absolute Gasteiger partial charge is 0.300 e. The number of halogens is 1. The van der Waals surface area contributed by atoms with Gasteiger partial charge in [0.05, 0.1) is 11.6 Å². The summed E-state index contributed by atoms with van der Waals surface area (Å²) in [6.07, 6.45) is 9.55. The van der Waals surface area contributed by atoms with Crippen molar-refractivity contribution in [3.8, 4) is 6.07 Å². The van der Waals surface area contributed by atoms with E-state index in [1.165, 1.54) is 11.1 Å². The maximum atomic E-state index is 13.8. The summed E-state index contributed by atoms with van der Waals surface area (Å²) in [7, 11) is 2.29. The first kappa shape index (κ1) is 26.5. The van der Waals surface area contributed by atoms with Crippen molar-refractivity contribution in [3.63, 3.8) is 0 Å². The van der Waals surface area contributed by atoms with Gasteiger partial charge in [0.25, 0.3) is 0 Å². The molecule has 2 rings (SSSR count). The van der Waals surface area contributed by atoms with Crippen LogP contribution in [0, 0.1) is 31.1 Å². The maximum Gasteiger partial charge on any atom is 0.133 e. The lowest BCUT2D eigenvalue weighted by Crippen LogP contribution is -2.33. The standard InChI is InChI=1S/C10H18FOP.C9H9N.C5H10/c1-2-3-4-8-7-9(12)5-6-10(8,11)13;1-7-3-4-9(6-10)5-8(7)2;1-3-5-4-2/h8H,2-7,13H2,1H3;3-5H,1-2H3;3,5H,4H2,1-2H3/b;;5-3+. The molecule has 1 saturated carbocycles. The number of alkyl halides is 1. The van der Waals surface area contributed by atoms with Crippen LogP contribution in [0.4, 0.5) is 4.39 Å². The predicted molar refractivity (Wildman–Crippen MR) is 121 cm³/mol. The Morgan fingerprint density at radius 3 is 2.46 bits per heavy atom. The summed E-state index contributed by atoms with van der Waals surface area (Å²) >= 11 is 0. The average Bonchev–Trinajstić information content (AvgIpc) is 2.66. The third kappa shape index (κ3) is 10.7. The number of hydrogen-bond donors (Lipinski definition) is 0. The Balaban J connectivity index is 0.000000431. The highest BCUT2D eigenvalue weighted by molar-refractivity contribution is 7.18. The van der Waals surface area contributed by atoms with Crippen LogP contribution in [0.1, 0.15) is 82.4 Å². The van der Waals surface area contributed by atoms with Gasteiger partial charge in [-0.15, -0.1) is 0 Å². The second-order valence-corrected chi connectivity index (χ2v) is 8.36. The second kappa shape index (κ2) is 14.5. The van der Waals surface area contributed by atoms with E-state index in [9.17, 15) is 9.18 Å². The van der Waals surface area contributed by atoms with Crippen molar-refractivity contribution in [1.82, 2.24) is 0 Å². The lowest BCUT2D eigenvalue weighted by atomic mass is 9.83. The minimum absolute atomic E-state index is 0.0568. The van der Waals surface area contributed by atoms with Gasteiger partial charge in [0, 0.05) is 18.8 Å². The molecule has 28 heavy (non-hydrogen) atoms. The first-order chi connectivity index (χ1) is 13.2. The number of nitrogens with zero attached hydrogens (tertiary/aromatic N) is 1. The number of carbonyl (C=O) groups excluding carboxylic acids is 1. The van der Waals surface area contributed by atoms with Gasteiger partial charge >= 0.3 is 0 Å². The van der Waals surface area contributed by atoms with Gasteiger partial charge in [0.2, 0.25) is 0 Å². The highest BCUT2D eigenvalue weighted by atomic mass is 31.0. The van der Waals surface area contributed by atoms with E-state index >= 15 is 0 Å². The first-order valence-corrected chi connectivity index (χ1v) is 10.9. The Labute approximate surface area is 173 Å². The van der Waals surface area contributed by atoms with E-state index in [2.05, 4.69) is 41.3 Å². The van der Waals surface area contributed by atoms with Crippen LogP contribution in [-0.2, 0) is 4.79 Å². The molecule has 0 amide bonds. The van der Waals surface area contributed by atoms with Gasteiger partial charge in [-0.2, -0.15) is 5.26 Å². The highest BCUT2D eigenvalue weighted by Crippen LogP contribution is 2.43. The molecule has 1 aromatic rings. The Morgan fingerprint density at radius 1 is 1.32 bits per heavy atom. The van der Waals surface area contributed by atoms with E-state index in [1.807, 2.05) is 39.0 Å². The number of unbranched alkanes of at least 4 members (excludes halogenated alkanes) is 1. The Bertz CT molecular complexity index is 661. The van der Waals surface area contributed by atoms with E-state index in [-0.39, 0.29) is 11.7 Å². The summed E-state index contributed by atoms with van der Waals surface area (Å²) in [6, 6.07) is 7.79. The molecule has 0 radical (unpaired) electrons. The van der Waals surface area contributed by atoms with E-state index in [4.69, 9.17) is 5.26 Å². The normalized spacial score (nSPS) is 21.2. The quantitative estimate of drug-likeness (QED) is 0.391. The lowest BCUT2D eigenvalue weighted by molar-refractivity contribution is -0.123. The number of benzene rings is 1. The van der Waals surface area contributed by atoms with E-state index in [0.717, 1.165) is 31.2 Å². The second-order valence-electron chi connectivity index (χ2n) is 7.40. The summed E-state index contributed by atoms with van der Waals surface area (Å²) in [5, 5.41) is 7.33. The monoisotopic (exact) mass is 405 g/mol. The SMILES string of the molecule is C/C=C/CC.CCCCC1CC(=O)CCC1(F)P.Cc1ccc(C#N)cc1C. The average molecular weight is 406 g/mol. The number of carbonyl (C=O) groups is 1. The fourth-order valence-corrected chi connectivity index (χ4v) is 3.35. The van der Waals surface area contributed by atoms with Crippen LogP contribution in [0.3, 0.4) is 0 Å². The molecule has 0 bridgehead atoms. The van der Waals surface area contributed by atoms with Crippen molar-refractivity contribution in [2.24, 2.45) is 5.92 Å². The fourth-order valence-electron chi connectivity index (χ4n) is 2.92. The minimum Gasteiger partial charge on any atom is -0.300 e. The molecule has 4 heteroatoms. The molecule has 3 unspecified atom stereocenters. The zero-order valence-electron chi connectivity index (χ0n) is 18.2. The molecule has 0 N–H and O–H groups in total. The van der Waals surface area contributed by atoms with Crippen LogP contribution in [0.15, 0.2) is 30.4 Å². The molecule has 1 aliphatic carbocycles. The highest BCUT2D eigenvalue weighted by Gasteiger charge is 2.39. The zero-order valence-corrected chi connectivity index (χ0v) is 19.4. The number of allylic oxidation sites excluding steroid dienone is 2. The molecular formula is C24H37FNOP. The van der Waals surface area contributed by atoms with Crippen molar-refractivity contribution in [2.75, 3.05) is 0 Å². The van der Waals surface area contributed by atoms with Crippen LogP contribution in [-0.4, -0.2) is 11.2 Å². The molecular weight excluding hydrogens is 368 g/mol. The van der Waals surface area contributed by atoms with Crippen LogP contribution < -0.4 is 0 Å². The van der Waals surface area contributed by atoms with Crippen LogP contribution >= 0.6 is 9.24 Å². The minimum atomic E-state index is -1.18. The number of aryl methyl sites for hydroxylation is 2. The van der Waals surface area contributed by atoms with Gasteiger partial charge in [0.1, 0.15) is 11.2 Å². The topological polar surface area (TPSA) is 40.9 Å². The van der Waals surface area contributed by atoms with E-state index < -0.39 is 5.41 Å². The molecule has 0 aliphatic heterocycles. The van der Waals surface area contributed by atoms with Crippen molar-refractivity contribution in [1.29, 1.82) is 5.26 Å². The van der Waals surface area contributed by atoms with Gasteiger partial charge < -0.3 is 0 Å². The summed E-state index contributed by atoms with van der Waals surface area (Å²) in [4.78, 5) is 11.1. The van der Waals surface area contributed by atoms with E-state index in [0.29, 0.717) is 19.3 Å². The summed E-state index contributed by atoms with van der Waals surface area (Å²) < 4.78 is 13.8. The van der Waals surface area contributed by atoms with Crippen LogP contribution in [0.2, 0.25) is 0 Å². The predicted octanol–water partition coefficient (Wildman–Crippen LogP) is 7.23. The molecule has 1 aliphatic rings. The summed E-state index contributed by atoms with van der Waals surface area (Å²) in [5.74, 6) is 0.176. The third-order valence-corrected chi connectivity index (χ3v) is 5.71. The Hall–Kier alpha value is -1.52. The number of nitriles is 1. The molecule has 0 saturated heterocycles. The number of rotatable bonds is 4. The van der Waals surface area contributed by atoms with Gasteiger partial charge in [-0.1, -0.05) is 54.1 Å². The first-order valence-electron chi connectivity index (χ1n) is 10.3. The van der Waals surface area contributed by atoms with Gasteiger partial charge in [-0.05, 0) is 63.3 Å². The molecule has 1 fully saturated rings. The number of hydrogen-bond acceptors (Lipinski definition) is 2. The number of Topliss-reactive ketones (excluding diaryl/α,β-unsaturated/α-hetero) is 1. The zero-order chi connectivity index (χ0) is 21.6. The molecule has 3 atom stereocenters. The van der Waals surface area contributed by atoms with Crippen molar-refractivity contribution < 1.29 is 9.18 Å². The van der Waals surface area contributed by atoms with Gasteiger partial charge in [-0.25, -0.2) is 4.39 Å². The van der Waals surface area contributed by atoms with Crippen LogP contribution in [0.5, 0.6) is 0 Å². The van der Waals surface area contributed by atoms with Crippen molar-refractivity contribution in [3.05, 3.63) is 47.0 Å². The number of ketones is 1. The van der Waals surface area contributed by atoms with Crippen molar-refractivity contribution >= 4 is 15.0 Å². The van der Waals surface area contributed by atoms with Crippen molar-refractivity contribution in [2.45, 2.75) is 85.0 Å². The van der Waals surface area contributed by atoms with E-state index in [1.54, 1.807) is 0 Å². The van der Waals surface area contributed by atoms with Gasteiger partial charge in [0.15, 0.2) is 0 Å². The smallest absolute Gasteiger partial charge is 0.133 e. The van der Waals surface area contributed by atoms with Gasteiger partial charge in [-0.3, -0.25) is 4.79 Å². The maximum absolute atomic E-state index is 13.8. The molecule has 156 valence electrons. The third-order valence-electron chi connectivity index (χ3n) is 4.95. The summed E-state index contributed by atoms with van der Waals surface area (Å²) in [6.45, 7) is 10.3. The summed E-state index contributed by atoms with van der Waals surface area (Å²) in [5.41, 5.74) is 3.15. The fraction of sp³-hybridized carbons (Fsp3) is 0.583. The molecule has 2 nitrogen and oxygen atoms in total. The Kier molecular flexibility index (Phi) is 13.7. The van der Waals surface area contributed by atoms with Crippen LogP contribution in [0.25, 0.3) is 0 Å². The molecule has 0 heterocycles.